The summed E-state index contributed by atoms with van der Waals surface area (Å²) in [6.45, 7) is 8.85. The lowest BCUT2D eigenvalue weighted by Crippen LogP contribution is -2.51. The number of thioether (sulfide) groups is 1. The molecule has 0 fully saturated rings. The first kappa shape index (κ1) is 29.8. The first-order valence-electron chi connectivity index (χ1n) is 12.8. The summed E-state index contributed by atoms with van der Waals surface area (Å²) >= 11 is 1.38. The summed E-state index contributed by atoms with van der Waals surface area (Å²) in [6.07, 6.45) is 3.44. The van der Waals surface area contributed by atoms with Crippen molar-refractivity contribution >= 4 is 47.9 Å². The number of anilines is 2. The highest BCUT2D eigenvalue weighted by atomic mass is 32.2. The Balaban J connectivity index is 2.20. The third-order valence-corrected chi connectivity index (χ3v) is 11.6. The molecule has 0 bridgehead atoms. The Morgan fingerprint density at radius 3 is 2.49 bits per heavy atom. The van der Waals surface area contributed by atoms with E-state index in [-0.39, 0.29) is 25.3 Å². The fraction of sp³-hybridized carbons (Fsp3) is 0.519. The fourth-order valence-electron chi connectivity index (χ4n) is 4.87. The van der Waals surface area contributed by atoms with E-state index < -0.39 is 15.6 Å². The van der Waals surface area contributed by atoms with Gasteiger partial charge in [-0.15, -0.1) is 11.8 Å². The van der Waals surface area contributed by atoms with Crippen molar-refractivity contribution in [3.8, 4) is 5.75 Å². The number of unbranched alkanes of at least 4 members (excludes halogenated alkanes) is 1. The minimum Gasteiger partial charge on any atom is -0.496 e. The van der Waals surface area contributed by atoms with Crippen molar-refractivity contribution in [2.75, 3.05) is 37.6 Å². The molecule has 204 valence electrons. The lowest BCUT2D eigenvalue weighted by Gasteiger charge is -2.42. The predicted octanol–water partition coefficient (Wildman–Crippen LogP) is 6.20. The van der Waals surface area contributed by atoms with Gasteiger partial charge in [0.25, 0.3) is 0 Å². The van der Waals surface area contributed by atoms with Crippen LogP contribution in [0.2, 0.25) is 0 Å². The molecule has 1 aliphatic heterocycles. The molecule has 0 radical (unpaired) electrons. The normalized spacial score (nSPS) is 19.5. The molecule has 2 unspecified atom stereocenters. The molecule has 0 amide bonds. The molecule has 2 aromatic carbocycles. The number of fused-ring (bicyclic) bond motifs is 1. The van der Waals surface area contributed by atoms with Crippen LogP contribution in [0.1, 0.15) is 52.0 Å². The Hall–Kier alpha value is -1.80. The van der Waals surface area contributed by atoms with Crippen LogP contribution in [-0.4, -0.2) is 56.7 Å². The van der Waals surface area contributed by atoms with E-state index in [2.05, 4.69) is 18.7 Å². The summed E-state index contributed by atoms with van der Waals surface area (Å²) in [7, 11) is -2.12. The Morgan fingerprint density at radius 2 is 1.89 bits per heavy atom. The average molecular weight is 567 g/mol. The SMILES string of the molecule is CCCCC1(CC)CN(c2ccccc2)c2cc(OC)c(CSCC(=O)OCC)cc2S(=O)(=O)N1PC. The van der Waals surface area contributed by atoms with Gasteiger partial charge in [-0.05, 0) is 53.4 Å². The summed E-state index contributed by atoms with van der Waals surface area (Å²) in [5, 5.41) is 0. The van der Waals surface area contributed by atoms with Crippen molar-refractivity contribution in [3.63, 3.8) is 0 Å². The second kappa shape index (κ2) is 13.3. The smallest absolute Gasteiger partial charge is 0.315 e. The number of benzene rings is 2. The first-order valence-corrected chi connectivity index (χ1v) is 16.8. The zero-order valence-electron chi connectivity index (χ0n) is 22.5. The van der Waals surface area contributed by atoms with Gasteiger partial charge in [0.05, 0.1) is 30.7 Å². The van der Waals surface area contributed by atoms with Crippen LogP contribution in [0, 0.1) is 0 Å². The summed E-state index contributed by atoms with van der Waals surface area (Å²) in [5.74, 6) is 0.940. The predicted molar refractivity (Wildman–Crippen MR) is 155 cm³/mol. The molecular weight excluding hydrogens is 527 g/mol. The minimum absolute atomic E-state index is 0.0954. The Kier molecular flexibility index (Phi) is 10.7. The summed E-state index contributed by atoms with van der Waals surface area (Å²) in [4.78, 5) is 14.3. The maximum absolute atomic E-state index is 14.4. The van der Waals surface area contributed by atoms with Gasteiger partial charge in [-0.1, -0.05) is 44.9 Å². The molecule has 0 N–H and O–H groups in total. The number of sulfonamides is 1. The second-order valence-corrected chi connectivity index (χ2v) is 13.0. The number of ether oxygens (including phenoxy) is 2. The van der Waals surface area contributed by atoms with E-state index in [0.717, 1.165) is 30.5 Å². The number of carbonyl (C=O) groups excluding carboxylic acids is 1. The maximum Gasteiger partial charge on any atom is 0.315 e. The molecule has 0 aromatic heterocycles. The topological polar surface area (TPSA) is 76.1 Å². The molecule has 3 rings (SSSR count). The number of rotatable bonds is 12. The number of hydrogen-bond acceptors (Lipinski definition) is 7. The van der Waals surface area contributed by atoms with Gasteiger partial charge in [-0.3, -0.25) is 4.79 Å². The maximum atomic E-state index is 14.4. The van der Waals surface area contributed by atoms with E-state index in [9.17, 15) is 13.2 Å². The Labute approximate surface area is 228 Å². The second-order valence-electron chi connectivity index (χ2n) is 9.03. The van der Waals surface area contributed by atoms with Gasteiger partial charge in [0.1, 0.15) is 10.6 Å². The summed E-state index contributed by atoms with van der Waals surface area (Å²) in [6, 6.07) is 13.6. The van der Waals surface area contributed by atoms with Gasteiger partial charge >= 0.3 is 5.97 Å². The molecule has 37 heavy (non-hydrogen) atoms. The average Bonchev–Trinajstić information content (AvgIpc) is 2.98. The molecule has 1 aliphatic rings. The van der Waals surface area contributed by atoms with E-state index in [1.54, 1.807) is 24.2 Å². The third-order valence-electron chi connectivity index (χ3n) is 6.76. The lowest BCUT2D eigenvalue weighted by molar-refractivity contribution is -0.139. The number of methoxy groups -OCH3 is 1. The van der Waals surface area contributed by atoms with E-state index in [1.807, 2.05) is 43.1 Å². The van der Waals surface area contributed by atoms with E-state index in [4.69, 9.17) is 9.47 Å². The molecule has 0 spiro atoms. The summed E-state index contributed by atoms with van der Waals surface area (Å²) < 4.78 is 41.3. The largest absolute Gasteiger partial charge is 0.496 e. The van der Waals surface area contributed by atoms with E-state index in [0.29, 0.717) is 36.8 Å². The first-order chi connectivity index (χ1) is 17.8. The quantitative estimate of drug-likeness (QED) is 0.224. The molecule has 0 saturated heterocycles. The molecule has 1 heterocycles. The lowest BCUT2D eigenvalue weighted by atomic mass is 9.89. The number of nitrogens with zero attached hydrogens (tertiary/aromatic N) is 2. The number of carbonyl (C=O) groups is 1. The fourth-order valence-corrected chi connectivity index (χ4v) is 9.45. The minimum atomic E-state index is -3.81. The molecule has 10 heteroatoms. The van der Waals surface area contributed by atoms with Crippen LogP contribution in [0.4, 0.5) is 11.4 Å². The number of para-hydroxylation sites is 1. The van der Waals surface area contributed by atoms with E-state index in [1.165, 1.54) is 11.8 Å². The van der Waals surface area contributed by atoms with Crippen LogP contribution in [0.3, 0.4) is 0 Å². The Bertz CT molecular complexity index is 1160. The molecule has 7 nitrogen and oxygen atoms in total. The highest BCUT2D eigenvalue weighted by Gasteiger charge is 2.47. The standard InChI is InChI=1S/C27H39N2O5PS2/c1-6-9-15-27(7-2)20-28(22-13-11-10-12-14-22)23-17-24(33-4)21(18-36-19-26(30)34-8-3)16-25(23)37(31,32)29(27)35-5/h10-14,16-17,35H,6-9,15,18-20H2,1-5H3. The zero-order chi connectivity index (χ0) is 27.1. The third kappa shape index (κ3) is 6.44. The monoisotopic (exact) mass is 566 g/mol. The van der Waals surface area contributed by atoms with Gasteiger partial charge < -0.3 is 14.4 Å². The van der Waals surface area contributed by atoms with Crippen molar-refractivity contribution in [1.82, 2.24) is 4.08 Å². The van der Waals surface area contributed by atoms with Gasteiger partial charge in [-0.25, -0.2) is 8.42 Å². The van der Waals surface area contributed by atoms with Crippen molar-refractivity contribution in [1.29, 1.82) is 0 Å². The highest BCUT2D eigenvalue weighted by molar-refractivity contribution is 7.99. The Morgan fingerprint density at radius 1 is 1.16 bits per heavy atom. The molecule has 0 saturated carbocycles. The van der Waals surface area contributed by atoms with E-state index >= 15 is 0 Å². The van der Waals surface area contributed by atoms with Crippen LogP contribution in [-0.2, 0) is 25.3 Å². The van der Waals surface area contributed by atoms with Gasteiger partial charge in [0.15, 0.2) is 0 Å². The van der Waals surface area contributed by atoms with Crippen molar-refractivity contribution in [2.24, 2.45) is 0 Å². The van der Waals surface area contributed by atoms with Gasteiger partial charge in [0.2, 0.25) is 10.0 Å². The number of hydrogen-bond donors (Lipinski definition) is 0. The molecule has 0 aliphatic carbocycles. The van der Waals surface area contributed by atoms with Crippen molar-refractivity contribution < 1.29 is 22.7 Å². The van der Waals surface area contributed by atoms with Crippen LogP contribution in [0.25, 0.3) is 0 Å². The van der Waals surface area contributed by atoms with Crippen molar-refractivity contribution in [2.45, 2.75) is 62.6 Å². The van der Waals surface area contributed by atoms with Crippen LogP contribution >= 0.6 is 20.5 Å². The number of esters is 1. The molecule has 2 atom stereocenters. The summed E-state index contributed by atoms with van der Waals surface area (Å²) in [5.41, 5.74) is 1.77. The van der Waals surface area contributed by atoms with Crippen LogP contribution in [0.5, 0.6) is 5.75 Å². The molecular formula is C27H39N2O5PS2. The van der Waals surface area contributed by atoms with Gasteiger partial charge in [0, 0.05) is 29.6 Å². The van der Waals surface area contributed by atoms with Crippen LogP contribution < -0.4 is 9.64 Å². The van der Waals surface area contributed by atoms with Crippen molar-refractivity contribution in [3.05, 3.63) is 48.0 Å². The zero-order valence-corrected chi connectivity index (χ0v) is 25.1. The molecule has 2 aromatic rings. The van der Waals surface area contributed by atoms with Gasteiger partial charge in [-0.2, -0.15) is 4.08 Å². The van der Waals surface area contributed by atoms with Crippen LogP contribution in [0.15, 0.2) is 47.4 Å². The highest BCUT2D eigenvalue weighted by Crippen LogP contribution is 2.49.